The minimum atomic E-state index is -0.790. The molecule has 4 heteroatoms. The van der Waals surface area contributed by atoms with Crippen LogP contribution >= 0.6 is 11.3 Å². The summed E-state index contributed by atoms with van der Waals surface area (Å²) in [5.41, 5.74) is 1.80. The lowest BCUT2D eigenvalue weighted by molar-refractivity contribution is -0.138. The Balaban J connectivity index is 2.25. The molecule has 106 valence electrons. The molecule has 0 aliphatic carbocycles. The number of aryl methyl sites for hydroxylation is 1. The van der Waals surface area contributed by atoms with Gasteiger partial charge in [0.05, 0.1) is 12.5 Å². The Labute approximate surface area is 122 Å². The summed E-state index contributed by atoms with van der Waals surface area (Å²) in [4.78, 5) is 12.6. The van der Waals surface area contributed by atoms with Gasteiger partial charge in [0.25, 0.3) is 0 Å². The summed E-state index contributed by atoms with van der Waals surface area (Å²) in [6.45, 7) is 4.49. The van der Waals surface area contributed by atoms with E-state index >= 15 is 0 Å². The van der Waals surface area contributed by atoms with Crippen LogP contribution in [0.25, 0.3) is 0 Å². The number of hydrogen-bond donors (Lipinski definition) is 1. The molecule has 0 spiro atoms. The molecule has 0 aliphatic heterocycles. The van der Waals surface area contributed by atoms with Gasteiger partial charge in [-0.05, 0) is 48.9 Å². The van der Waals surface area contributed by atoms with Crippen molar-refractivity contribution in [3.63, 3.8) is 0 Å². The van der Waals surface area contributed by atoms with E-state index in [2.05, 4.69) is 0 Å². The molecule has 2 rings (SSSR count). The maximum Gasteiger partial charge on any atom is 0.311 e. The molecule has 0 saturated carbocycles. The van der Waals surface area contributed by atoms with E-state index in [1.165, 1.54) is 0 Å². The van der Waals surface area contributed by atoms with Crippen LogP contribution in [0, 0.1) is 6.92 Å². The Morgan fingerprint density at radius 3 is 2.75 bits per heavy atom. The van der Waals surface area contributed by atoms with Gasteiger partial charge in [-0.25, -0.2) is 0 Å². The molecule has 1 aromatic carbocycles. The minimum Gasteiger partial charge on any atom is -0.494 e. The average molecular weight is 290 g/mol. The highest BCUT2D eigenvalue weighted by molar-refractivity contribution is 7.09. The Bertz CT molecular complexity index is 575. The van der Waals surface area contributed by atoms with Crippen LogP contribution in [0.3, 0.4) is 0 Å². The number of carbonyl (C=O) groups is 1. The van der Waals surface area contributed by atoms with E-state index < -0.39 is 11.9 Å². The molecular weight excluding hydrogens is 272 g/mol. The topological polar surface area (TPSA) is 46.5 Å². The monoisotopic (exact) mass is 290 g/mol. The fourth-order valence-corrected chi connectivity index (χ4v) is 2.94. The predicted octanol–water partition coefficient (Wildman–Crippen LogP) is 3.87. The Hall–Kier alpha value is -1.81. The van der Waals surface area contributed by atoms with Gasteiger partial charge in [0, 0.05) is 4.88 Å². The van der Waals surface area contributed by atoms with E-state index in [0.29, 0.717) is 13.0 Å². The fourth-order valence-electron chi connectivity index (χ4n) is 2.18. The highest BCUT2D eigenvalue weighted by Gasteiger charge is 2.21. The van der Waals surface area contributed by atoms with Crippen LogP contribution in [0.1, 0.15) is 28.8 Å². The smallest absolute Gasteiger partial charge is 0.311 e. The van der Waals surface area contributed by atoms with Crippen molar-refractivity contribution in [3.8, 4) is 5.75 Å². The SMILES string of the molecule is CCOc1ccc(C(Cc2cccs2)C(=O)O)cc1C. The van der Waals surface area contributed by atoms with Crippen molar-refractivity contribution in [2.24, 2.45) is 0 Å². The lowest BCUT2D eigenvalue weighted by Gasteiger charge is -2.14. The molecule has 1 aromatic heterocycles. The van der Waals surface area contributed by atoms with Gasteiger partial charge in [-0.15, -0.1) is 11.3 Å². The zero-order valence-electron chi connectivity index (χ0n) is 11.6. The van der Waals surface area contributed by atoms with Gasteiger partial charge in [0.15, 0.2) is 0 Å². The molecule has 20 heavy (non-hydrogen) atoms. The lowest BCUT2D eigenvalue weighted by Crippen LogP contribution is -2.14. The second-order valence-corrected chi connectivity index (χ2v) is 5.66. The normalized spacial score (nSPS) is 12.1. The second-order valence-electron chi connectivity index (χ2n) is 4.63. The van der Waals surface area contributed by atoms with E-state index in [1.54, 1.807) is 11.3 Å². The van der Waals surface area contributed by atoms with Crippen molar-refractivity contribution in [1.29, 1.82) is 0 Å². The van der Waals surface area contributed by atoms with Crippen LogP contribution in [0.4, 0.5) is 0 Å². The Morgan fingerprint density at radius 1 is 1.40 bits per heavy atom. The summed E-state index contributed by atoms with van der Waals surface area (Å²) in [6, 6.07) is 9.55. The molecule has 1 heterocycles. The van der Waals surface area contributed by atoms with E-state index in [4.69, 9.17) is 4.74 Å². The molecule has 0 aliphatic rings. The van der Waals surface area contributed by atoms with Crippen molar-refractivity contribution >= 4 is 17.3 Å². The van der Waals surface area contributed by atoms with Crippen LogP contribution in [-0.2, 0) is 11.2 Å². The van der Waals surface area contributed by atoms with Crippen molar-refractivity contribution < 1.29 is 14.6 Å². The van der Waals surface area contributed by atoms with Crippen LogP contribution < -0.4 is 4.74 Å². The Morgan fingerprint density at radius 2 is 2.20 bits per heavy atom. The van der Waals surface area contributed by atoms with Gasteiger partial charge in [0.2, 0.25) is 0 Å². The number of aliphatic carboxylic acids is 1. The first kappa shape index (κ1) is 14.6. The number of benzene rings is 1. The fraction of sp³-hybridized carbons (Fsp3) is 0.312. The Kier molecular flexibility index (Phi) is 4.79. The van der Waals surface area contributed by atoms with E-state index in [0.717, 1.165) is 21.8 Å². The number of rotatable bonds is 6. The number of ether oxygens (including phenoxy) is 1. The summed E-state index contributed by atoms with van der Waals surface area (Å²) < 4.78 is 5.49. The summed E-state index contributed by atoms with van der Waals surface area (Å²) >= 11 is 1.59. The zero-order valence-corrected chi connectivity index (χ0v) is 12.4. The van der Waals surface area contributed by atoms with E-state index in [1.807, 2.05) is 49.6 Å². The average Bonchev–Trinajstić information content (AvgIpc) is 2.91. The zero-order chi connectivity index (χ0) is 14.5. The molecule has 1 atom stereocenters. The van der Waals surface area contributed by atoms with Gasteiger partial charge in [-0.1, -0.05) is 18.2 Å². The van der Waals surface area contributed by atoms with Crippen molar-refractivity contribution in [2.75, 3.05) is 6.61 Å². The summed E-state index contributed by atoms with van der Waals surface area (Å²) in [7, 11) is 0. The molecule has 3 nitrogen and oxygen atoms in total. The van der Waals surface area contributed by atoms with Gasteiger partial charge in [-0.2, -0.15) is 0 Å². The number of hydrogen-bond acceptors (Lipinski definition) is 3. The second kappa shape index (κ2) is 6.57. The van der Waals surface area contributed by atoms with E-state index in [9.17, 15) is 9.90 Å². The van der Waals surface area contributed by atoms with Crippen molar-refractivity contribution in [2.45, 2.75) is 26.2 Å². The van der Waals surface area contributed by atoms with Crippen LogP contribution in [0.15, 0.2) is 35.7 Å². The molecule has 1 unspecified atom stereocenters. The van der Waals surface area contributed by atoms with Gasteiger partial charge >= 0.3 is 5.97 Å². The maximum atomic E-state index is 11.5. The van der Waals surface area contributed by atoms with Crippen LogP contribution in [0.5, 0.6) is 5.75 Å². The summed E-state index contributed by atoms with van der Waals surface area (Å²) in [5.74, 6) is -0.485. The van der Waals surface area contributed by atoms with Gasteiger partial charge in [-0.3, -0.25) is 4.79 Å². The molecule has 0 amide bonds. The quantitative estimate of drug-likeness (QED) is 0.878. The third kappa shape index (κ3) is 3.39. The van der Waals surface area contributed by atoms with E-state index in [-0.39, 0.29) is 0 Å². The third-order valence-electron chi connectivity index (χ3n) is 3.18. The molecule has 1 N–H and O–H groups in total. The molecule has 0 radical (unpaired) electrons. The highest BCUT2D eigenvalue weighted by Crippen LogP contribution is 2.28. The number of thiophene rings is 1. The van der Waals surface area contributed by atoms with Gasteiger partial charge < -0.3 is 9.84 Å². The number of carboxylic acid groups (broad SMARTS) is 1. The first-order chi connectivity index (χ1) is 9.61. The first-order valence-corrected chi connectivity index (χ1v) is 7.48. The van der Waals surface area contributed by atoms with Crippen molar-refractivity contribution in [1.82, 2.24) is 0 Å². The summed E-state index contributed by atoms with van der Waals surface area (Å²) in [5, 5.41) is 11.4. The largest absolute Gasteiger partial charge is 0.494 e. The third-order valence-corrected chi connectivity index (χ3v) is 4.08. The lowest BCUT2D eigenvalue weighted by atomic mass is 9.93. The molecular formula is C16H18O3S. The molecule has 0 bridgehead atoms. The minimum absolute atomic E-state index is 0.511. The number of carboxylic acids is 1. The van der Waals surface area contributed by atoms with Crippen molar-refractivity contribution in [3.05, 3.63) is 51.7 Å². The van der Waals surface area contributed by atoms with Crippen LogP contribution in [0.2, 0.25) is 0 Å². The standard InChI is InChI=1S/C16H18O3S/c1-3-19-15-7-6-12(9-11(15)2)14(16(17)18)10-13-5-4-8-20-13/h4-9,14H,3,10H2,1-2H3,(H,17,18). The summed E-state index contributed by atoms with van der Waals surface area (Å²) in [6.07, 6.45) is 0.528. The highest BCUT2D eigenvalue weighted by atomic mass is 32.1. The molecule has 2 aromatic rings. The molecule has 0 fully saturated rings. The first-order valence-electron chi connectivity index (χ1n) is 6.60. The van der Waals surface area contributed by atoms with Crippen LogP contribution in [-0.4, -0.2) is 17.7 Å². The van der Waals surface area contributed by atoms with Gasteiger partial charge in [0.1, 0.15) is 5.75 Å². The molecule has 0 saturated heterocycles. The maximum absolute atomic E-state index is 11.5. The predicted molar refractivity (Wildman–Crippen MR) is 80.7 cm³/mol.